The lowest BCUT2D eigenvalue weighted by molar-refractivity contribution is -0.111. The summed E-state index contributed by atoms with van der Waals surface area (Å²) in [6, 6.07) is 7.53. The Bertz CT molecular complexity index is 394. The molecule has 0 saturated heterocycles. The van der Waals surface area contributed by atoms with Crippen LogP contribution in [0.1, 0.15) is 5.56 Å². The van der Waals surface area contributed by atoms with Gasteiger partial charge in [-0.25, -0.2) is 0 Å². The standard InChI is InChI=1S/C10H8N2O/c13-10-5-6-11-7-8-3-1-2-4-9(8)12-10/h1-7H,(H,12,13). The van der Waals surface area contributed by atoms with E-state index in [2.05, 4.69) is 10.3 Å². The van der Waals surface area contributed by atoms with E-state index in [1.165, 1.54) is 12.3 Å². The minimum Gasteiger partial charge on any atom is -0.322 e. The molecular formula is C10H8N2O. The second-order valence-electron chi connectivity index (χ2n) is 2.67. The summed E-state index contributed by atoms with van der Waals surface area (Å²) in [7, 11) is 0. The predicted octanol–water partition coefficient (Wildman–Crippen LogP) is 1.57. The summed E-state index contributed by atoms with van der Waals surface area (Å²) in [5, 5.41) is 2.75. The van der Waals surface area contributed by atoms with E-state index in [-0.39, 0.29) is 5.91 Å². The summed E-state index contributed by atoms with van der Waals surface area (Å²) in [5.74, 6) is -0.149. The van der Waals surface area contributed by atoms with Crippen molar-refractivity contribution in [2.24, 2.45) is 4.99 Å². The molecule has 1 N–H and O–H groups in total. The van der Waals surface area contributed by atoms with Crippen LogP contribution in [0.5, 0.6) is 0 Å². The summed E-state index contributed by atoms with van der Waals surface area (Å²) in [6.07, 6.45) is 4.59. The minimum atomic E-state index is -0.149. The topological polar surface area (TPSA) is 41.5 Å². The van der Waals surface area contributed by atoms with E-state index in [0.29, 0.717) is 0 Å². The second kappa shape index (κ2) is 3.23. The summed E-state index contributed by atoms with van der Waals surface area (Å²) in [6.45, 7) is 0. The van der Waals surface area contributed by atoms with Crippen molar-refractivity contribution in [2.75, 3.05) is 5.32 Å². The Morgan fingerprint density at radius 2 is 2.08 bits per heavy atom. The molecule has 0 saturated carbocycles. The first-order chi connectivity index (χ1) is 6.36. The van der Waals surface area contributed by atoms with Crippen LogP contribution in [-0.4, -0.2) is 12.1 Å². The third kappa shape index (κ3) is 1.64. The fraction of sp³-hybridized carbons (Fsp3) is 0. The molecule has 0 aromatic heterocycles. The van der Waals surface area contributed by atoms with Crippen molar-refractivity contribution >= 4 is 17.8 Å². The van der Waals surface area contributed by atoms with E-state index in [9.17, 15) is 4.79 Å². The van der Waals surface area contributed by atoms with E-state index in [0.717, 1.165) is 11.3 Å². The number of carbonyl (C=O) groups excluding carboxylic acids is 1. The molecule has 3 heteroatoms. The van der Waals surface area contributed by atoms with Crippen LogP contribution in [0.15, 0.2) is 41.5 Å². The number of benzene rings is 1. The first kappa shape index (κ1) is 7.73. The average molecular weight is 172 g/mol. The molecule has 1 amide bonds. The van der Waals surface area contributed by atoms with Crippen LogP contribution in [0.2, 0.25) is 0 Å². The zero-order valence-corrected chi connectivity index (χ0v) is 6.90. The molecule has 2 rings (SSSR count). The number of nitrogens with one attached hydrogen (secondary N) is 1. The number of para-hydroxylation sites is 1. The Morgan fingerprint density at radius 1 is 1.23 bits per heavy atom. The summed E-state index contributed by atoms with van der Waals surface area (Å²) >= 11 is 0. The molecule has 64 valence electrons. The molecule has 0 atom stereocenters. The van der Waals surface area contributed by atoms with Gasteiger partial charge in [0.05, 0.1) is 0 Å². The highest BCUT2D eigenvalue weighted by Crippen LogP contribution is 2.13. The quantitative estimate of drug-likeness (QED) is 0.634. The average Bonchev–Trinajstić information content (AvgIpc) is 2.11. The SMILES string of the molecule is O=C1C=CN=Cc2ccccc2N1. The van der Waals surface area contributed by atoms with E-state index in [1.54, 1.807) is 6.21 Å². The molecular weight excluding hydrogens is 164 g/mol. The number of fused-ring (bicyclic) bond motifs is 1. The molecule has 1 heterocycles. The maximum atomic E-state index is 11.1. The first-order valence-corrected chi connectivity index (χ1v) is 3.96. The number of carbonyl (C=O) groups is 1. The summed E-state index contributed by atoms with van der Waals surface area (Å²) in [5.41, 5.74) is 1.71. The van der Waals surface area contributed by atoms with Crippen LogP contribution in [0.3, 0.4) is 0 Å². The number of nitrogens with zero attached hydrogens (tertiary/aromatic N) is 1. The molecule has 0 aliphatic carbocycles. The molecule has 1 aromatic carbocycles. The van der Waals surface area contributed by atoms with Crippen LogP contribution >= 0.6 is 0 Å². The van der Waals surface area contributed by atoms with Crippen molar-refractivity contribution in [1.29, 1.82) is 0 Å². The van der Waals surface area contributed by atoms with Gasteiger partial charge in [-0.2, -0.15) is 0 Å². The number of hydrogen-bond acceptors (Lipinski definition) is 2. The van der Waals surface area contributed by atoms with E-state index < -0.39 is 0 Å². The molecule has 3 nitrogen and oxygen atoms in total. The number of hydrogen-bond donors (Lipinski definition) is 1. The summed E-state index contributed by atoms with van der Waals surface area (Å²) < 4.78 is 0. The van der Waals surface area contributed by atoms with Crippen molar-refractivity contribution in [3.8, 4) is 0 Å². The number of aliphatic imine (C=N–C) groups is 1. The van der Waals surface area contributed by atoms with Crippen molar-refractivity contribution in [3.63, 3.8) is 0 Å². The largest absolute Gasteiger partial charge is 0.322 e. The van der Waals surface area contributed by atoms with Gasteiger partial charge < -0.3 is 5.32 Å². The van der Waals surface area contributed by atoms with E-state index in [4.69, 9.17) is 0 Å². The fourth-order valence-corrected chi connectivity index (χ4v) is 1.13. The molecule has 13 heavy (non-hydrogen) atoms. The first-order valence-electron chi connectivity index (χ1n) is 3.96. The van der Waals surface area contributed by atoms with Gasteiger partial charge in [-0.3, -0.25) is 9.79 Å². The van der Waals surface area contributed by atoms with Gasteiger partial charge in [-0.15, -0.1) is 0 Å². The molecule has 1 aliphatic rings. The lowest BCUT2D eigenvalue weighted by Crippen LogP contribution is -2.10. The monoisotopic (exact) mass is 172 g/mol. The molecule has 0 unspecified atom stereocenters. The molecule has 1 aromatic rings. The van der Waals surface area contributed by atoms with Crippen molar-refractivity contribution in [3.05, 3.63) is 42.1 Å². The maximum absolute atomic E-state index is 11.1. The molecule has 0 fully saturated rings. The third-order valence-corrected chi connectivity index (χ3v) is 1.74. The molecule has 0 radical (unpaired) electrons. The Hall–Kier alpha value is -1.90. The van der Waals surface area contributed by atoms with Gasteiger partial charge in [0.25, 0.3) is 0 Å². The number of rotatable bonds is 0. The number of amides is 1. The van der Waals surface area contributed by atoms with Gasteiger partial charge in [-0.05, 0) is 6.07 Å². The maximum Gasteiger partial charge on any atom is 0.249 e. The van der Waals surface area contributed by atoms with Gasteiger partial charge in [-0.1, -0.05) is 18.2 Å². The highest BCUT2D eigenvalue weighted by atomic mass is 16.1. The van der Waals surface area contributed by atoms with Crippen LogP contribution in [-0.2, 0) is 4.79 Å². The van der Waals surface area contributed by atoms with Crippen LogP contribution in [0, 0.1) is 0 Å². The second-order valence-corrected chi connectivity index (χ2v) is 2.67. The van der Waals surface area contributed by atoms with Crippen molar-refractivity contribution < 1.29 is 4.79 Å². The van der Waals surface area contributed by atoms with Crippen LogP contribution in [0.25, 0.3) is 0 Å². The lowest BCUT2D eigenvalue weighted by atomic mass is 10.2. The Balaban J connectivity index is 2.49. The number of anilines is 1. The van der Waals surface area contributed by atoms with E-state index >= 15 is 0 Å². The molecule has 0 bridgehead atoms. The van der Waals surface area contributed by atoms with E-state index in [1.807, 2.05) is 24.3 Å². The van der Waals surface area contributed by atoms with Gasteiger partial charge in [0.1, 0.15) is 0 Å². The normalized spacial score (nSPS) is 14.3. The molecule has 1 aliphatic heterocycles. The predicted molar refractivity (Wildman–Crippen MR) is 51.8 cm³/mol. The third-order valence-electron chi connectivity index (χ3n) is 1.74. The highest BCUT2D eigenvalue weighted by molar-refractivity contribution is 6.04. The summed E-state index contributed by atoms with van der Waals surface area (Å²) in [4.78, 5) is 15.1. The Kier molecular flexibility index (Phi) is 1.92. The highest BCUT2D eigenvalue weighted by Gasteiger charge is 2.03. The van der Waals surface area contributed by atoms with Gasteiger partial charge >= 0.3 is 0 Å². The zero-order valence-electron chi connectivity index (χ0n) is 6.90. The van der Waals surface area contributed by atoms with Crippen molar-refractivity contribution in [2.45, 2.75) is 0 Å². The smallest absolute Gasteiger partial charge is 0.249 e. The Labute approximate surface area is 75.8 Å². The Morgan fingerprint density at radius 3 is 3.00 bits per heavy atom. The van der Waals surface area contributed by atoms with Crippen molar-refractivity contribution in [1.82, 2.24) is 0 Å². The van der Waals surface area contributed by atoms with Crippen LogP contribution < -0.4 is 5.32 Å². The van der Waals surface area contributed by atoms with Gasteiger partial charge in [0.15, 0.2) is 0 Å². The molecule has 0 spiro atoms. The van der Waals surface area contributed by atoms with Crippen LogP contribution in [0.4, 0.5) is 5.69 Å². The van der Waals surface area contributed by atoms with Gasteiger partial charge in [0.2, 0.25) is 5.91 Å². The minimum absolute atomic E-state index is 0.149. The van der Waals surface area contributed by atoms with Gasteiger partial charge in [0, 0.05) is 29.7 Å². The lowest BCUT2D eigenvalue weighted by Gasteiger charge is -2.06. The fourth-order valence-electron chi connectivity index (χ4n) is 1.13. The zero-order chi connectivity index (χ0) is 9.10.